The first kappa shape index (κ1) is 8.12. The lowest BCUT2D eigenvalue weighted by Crippen LogP contribution is -2.28. The van der Waals surface area contributed by atoms with Crippen molar-refractivity contribution in [3.8, 4) is 0 Å². The van der Waals surface area contributed by atoms with Gasteiger partial charge in [-0.05, 0) is 12.1 Å². The van der Waals surface area contributed by atoms with Gasteiger partial charge in [-0.2, -0.15) is 0 Å². The molecule has 6 heteroatoms. The van der Waals surface area contributed by atoms with E-state index in [-0.39, 0.29) is 0 Å². The Labute approximate surface area is 68.4 Å². The molecular formula is C6H8N4O2. The fourth-order valence-corrected chi connectivity index (χ4v) is 0.635. The molecule has 64 valence electrons. The zero-order chi connectivity index (χ0) is 8.97. The Kier molecular flexibility index (Phi) is 2.32. The molecule has 0 fully saturated rings. The second-order valence-corrected chi connectivity index (χ2v) is 2.00. The van der Waals surface area contributed by atoms with Gasteiger partial charge in [0.1, 0.15) is 0 Å². The van der Waals surface area contributed by atoms with E-state index in [1.807, 2.05) is 5.43 Å². The number of carbonyl (C=O) groups is 1. The summed E-state index contributed by atoms with van der Waals surface area (Å²) >= 11 is 0. The van der Waals surface area contributed by atoms with Gasteiger partial charge in [0, 0.05) is 6.20 Å². The smallest absolute Gasteiger partial charge is 0.423 e. The maximum atomic E-state index is 10.0. The van der Waals surface area contributed by atoms with Crippen molar-refractivity contribution in [2.45, 2.75) is 0 Å². The maximum absolute atomic E-state index is 10.0. The number of nitrogens with one attached hydrogen (secondary N) is 2. The molecule has 0 unspecified atom stereocenters. The standard InChI is InChI=1S/C6H8N4O2/c7-4-2-1-3-8-5(4)9-10-6(11)12/h1-3,10H,7H2,(H,8,9)(H,11,12). The van der Waals surface area contributed by atoms with Crippen LogP contribution < -0.4 is 16.6 Å². The van der Waals surface area contributed by atoms with Crippen LogP contribution in [0, 0.1) is 0 Å². The lowest BCUT2D eigenvalue weighted by molar-refractivity contribution is 0.197. The van der Waals surface area contributed by atoms with Gasteiger partial charge in [-0.15, -0.1) is 0 Å². The Balaban J connectivity index is 2.63. The first-order valence-electron chi connectivity index (χ1n) is 3.15. The summed E-state index contributed by atoms with van der Waals surface area (Å²) in [5, 5.41) is 8.22. The third-order valence-electron chi connectivity index (χ3n) is 1.13. The Morgan fingerprint density at radius 2 is 2.42 bits per heavy atom. The van der Waals surface area contributed by atoms with Gasteiger partial charge in [-0.25, -0.2) is 15.2 Å². The Morgan fingerprint density at radius 1 is 1.67 bits per heavy atom. The van der Waals surface area contributed by atoms with Crippen molar-refractivity contribution in [1.82, 2.24) is 10.4 Å². The SMILES string of the molecule is Nc1cccnc1NNC(=O)O. The molecule has 0 aliphatic heterocycles. The Hall–Kier alpha value is -1.98. The summed E-state index contributed by atoms with van der Waals surface area (Å²) in [4.78, 5) is 13.8. The molecule has 0 saturated heterocycles. The van der Waals surface area contributed by atoms with Crippen LogP contribution in [0.5, 0.6) is 0 Å². The average molecular weight is 168 g/mol. The zero-order valence-electron chi connectivity index (χ0n) is 6.11. The van der Waals surface area contributed by atoms with Crippen molar-refractivity contribution in [3.05, 3.63) is 18.3 Å². The highest BCUT2D eigenvalue weighted by atomic mass is 16.4. The number of nitrogen functional groups attached to an aromatic ring is 1. The lowest BCUT2D eigenvalue weighted by Gasteiger charge is -2.05. The largest absolute Gasteiger partial charge is 0.464 e. The number of aromatic nitrogens is 1. The summed E-state index contributed by atoms with van der Waals surface area (Å²) in [6, 6.07) is 3.26. The third-order valence-corrected chi connectivity index (χ3v) is 1.13. The maximum Gasteiger partial charge on any atom is 0.423 e. The number of hydrazine groups is 1. The molecule has 0 bridgehead atoms. The summed E-state index contributed by atoms with van der Waals surface area (Å²) in [7, 11) is 0. The second-order valence-electron chi connectivity index (χ2n) is 2.00. The minimum absolute atomic E-state index is 0.292. The van der Waals surface area contributed by atoms with Crippen molar-refractivity contribution in [2.24, 2.45) is 0 Å². The fraction of sp³-hybridized carbons (Fsp3) is 0. The number of hydrogen-bond acceptors (Lipinski definition) is 4. The number of amides is 1. The number of hydrogen-bond donors (Lipinski definition) is 4. The van der Waals surface area contributed by atoms with Gasteiger partial charge >= 0.3 is 6.09 Å². The van der Waals surface area contributed by atoms with Gasteiger partial charge in [0.15, 0.2) is 5.82 Å². The van der Waals surface area contributed by atoms with E-state index < -0.39 is 6.09 Å². The van der Waals surface area contributed by atoms with Gasteiger partial charge in [0.05, 0.1) is 5.69 Å². The normalized spacial score (nSPS) is 9.00. The molecule has 1 aromatic heterocycles. The van der Waals surface area contributed by atoms with Crippen LogP contribution in [0.15, 0.2) is 18.3 Å². The summed E-state index contributed by atoms with van der Waals surface area (Å²) in [5.74, 6) is 0.292. The topological polar surface area (TPSA) is 100 Å². The minimum atomic E-state index is -1.19. The van der Waals surface area contributed by atoms with E-state index in [2.05, 4.69) is 10.4 Å². The van der Waals surface area contributed by atoms with Crippen LogP contribution >= 0.6 is 0 Å². The van der Waals surface area contributed by atoms with Crippen LogP contribution in [0.3, 0.4) is 0 Å². The molecule has 1 rings (SSSR count). The molecule has 0 radical (unpaired) electrons. The number of pyridine rings is 1. The Bertz CT molecular complexity index is 289. The molecule has 5 N–H and O–H groups in total. The van der Waals surface area contributed by atoms with E-state index in [0.29, 0.717) is 11.5 Å². The van der Waals surface area contributed by atoms with Gasteiger partial charge in [0.2, 0.25) is 0 Å². The number of anilines is 2. The van der Waals surface area contributed by atoms with Gasteiger partial charge < -0.3 is 10.8 Å². The highest BCUT2D eigenvalue weighted by Gasteiger charge is 1.98. The van der Waals surface area contributed by atoms with E-state index in [4.69, 9.17) is 10.8 Å². The first-order valence-corrected chi connectivity index (χ1v) is 3.15. The van der Waals surface area contributed by atoms with Gasteiger partial charge in [-0.1, -0.05) is 0 Å². The predicted octanol–water partition coefficient (Wildman–Crippen LogP) is 0.258. The first-order chi connectivity index (χ1) is 5.70. The molecule has 1 amide bonds. The summed E-state index contributed by atoms with van der Waals surface area (Å²) < 4.78 is 0. The Morgan fingerprint density at radius 3 is 3.00 bits per heavy atom. The minimum Gasteiger partial charge on any atom is -0.464 e. The van der Waals surface area contributed by atoms with E-state index in [1.54, 1.807) is 12.1 Å². The molecular weight excluding hydrogens is 160 g/mol. The molecule has 0 saturated carbocycles. The summed E-state index contributed by atoms with van der Waals surface area (Å²) in [6.45, 7) is 0. The van der Waals surface area contributed by atoms with Crippen molar-refractivity contribution < 1.29 is 9.90 Å². The molecule has 0 aliphatic carbocycles. The monoisotopic (exact) mass is 168 g/mol. The van der Waals surface area contributed by atoms with Crippen molar-refractivity contribution in [1.29, 1.82) is 0 Å². The fourth-order valence-electron chi connectivity index (χ4n) is 0.635. The predicted molar refractivity (Wildman–Crippen MR) is 43.4 cm³/mol. The van der Waals surface area contributed by atoms with E-state index >= 15 is 0 Å². The van der Waals surface area contributed by atoms with Crippen molar-refractivity contribution in [3.63, 3.8) is 0 Å². The second kappa shape index (κ2) is 3.42. The van der Waals surface area contributed by atoms with Crippen molar-refractivity contribution >= 4 is 17.6 Å². The molecule has 1 aromatic rings. The molecule has 0 atom stereocenters. The number of nitrogens with two attached hydrogens (primary N) is 1. The molecule has 0 spiro atoms. The molecule has 0 aliphatic rings. The van der Waals surface area contributed by atoms with Crippen LogP contribution in [0.2, 0.25) is 0 Å². The van der Waals surface area contributed by atoms with E-state index in [1.165, 1.54) is 6.20 Å². The van der Waals surface area contributed by atoms with Crippen LogP contribution in [-0.2, 0) is 0 Å². The molecule has 1 heterocycles. The highest BCUT2D eigenvalue weighted by molar-refractivity contribution is 5.69. The molecule has 0 aromatic carbocycles. The molecule has 12 heavy (non-hydrogen) atoms. The van der Waals surface area contributed by atoms with Crippen LogP contribution in [0.1, 0.15) is 0 Å². The average Bonchev–Trinajstić information content (AvgIpc) is 2.03. The quantitative estimate of drug-likeness (QED) is 0.474. The summed E-state index contributed by atoms with van der Waals surface area (Å²) in [6.07, 6.45) is 0.308. The number of rotatable bonds is 2. The van der Waals surface area contributed by atoms with E-state index in [0.717, 1.165) is 0 Å². The molecule has 6 nitrogen and oxygen atoms in total. The third kappa shape index (κ3) is 2.01. The van der Waals surface area contributed by atoms with Crippen LogP contribution in [-0.4, -0.2) is 16.2 Å². The zero-order valence-corrected chi connectivity index (χ0v) is 6.11. The van der Waals surface area contributed by atoms with E-state index in [9.17, 15) is 4.79 Å². The van der Waals surface area contributed by atoms with Crippen LogP contribution in [0.25, 0.3) is 0 Å². The van der Waals surface area contributed by atoms with Crippen molar-refractivity contribution in [2.75, 3.05) is 11.2 Å². The highest BCUT2D eigenvalue weighted by Crippen LogP contribution is 2.10. The van der Waals surface area contributed by atoms with Gasteiger partial charge in [0.25, 0.3) is 0 Å². The van der Waals surface area contributed by atoms with Crippen LogP contribution in [0.4, 0.5) is 16.3 Å². The number of carboxylic acid groups (broad SMARTS) is 1. The lowest BCUT2D eigenvalue weighted by atomic mass is 10.4. The summed E-state index contributed by atoms with van der Waals surface area (Å²) in [5.41, 5.74) is 10.1. The van der Waals surface area contributed by atoms with Gasteiger partial charge in [-0.3, -0.25) is 5.43 Å². The number of nitrogens with zero attached hydrogens (tertiary/aromatic N) is 1.